The molecule has 156 valence electrons. The van der Waals surface area contributed by atoms with Crippen molar-refractivity contribution in [2.24, 2.45) is 10.9 Å². The summed E-state index contributed by atoms with van der Waals surface area (Å²) in [5, 5.41) is 6.98. The first kappa shape index (κ1) is 20.9. The van der Waals surface area contributed by atoms with Gasteiger partial charge in [0.25, 0.3) is 0 Å². The third-order valence-electron chi connectivity index (χ3n) is 5.36. The van der Waals surface area contributed by atoms with E-state index in [1.54, 1.807) is 0 Å². The average molecular weight is 390 g/mol. The summed E-state index contributed by atoms with van der Waals surface area (Å²) >= 11 is 0. The number of ether oxygens (including phenoxy) is 3. The zero-order valence-corrected chi connectivity index (χ0v) is 17.5. The number of hydrogen-bond acceptors (Lipinski definition) is 4. The van der Waals surface area contributed by atoms with Gasteiger partial charge in [-0.3, -0.25) is 4.99 Å². The van der Waals surface area contributed by atoms with Crippen molar-refractivity contribution in [1.29, 1.82) is 0 Å². The Morgan fingerprint density at radius 3 is 2.82 bits per heavy atom. The molecular weight excluding hydrogens is 354 g/mol. The first-order chi connectivity index (χ1) is 13.6. The molecule has 0 aromatic heterocycles. The minimum atomic E-state index is -0.205. The SMILES string of the molecule is CN=C(NCCCOCC1CCOCC1)NC1CC(C)(C)Oc2ccccc21. The van der Waals surface area contributed by atoms with Crippen molar-refractivity contribution in [1.82, 2.24) is 10.6 Å². The molecule has 1 fully saturated rings. The van der Waals surface area contributed by atoms with Gasteiger partial charge in [0.05, 0.1) is 6.04 Å². The van der Waals surface area contributed by atoms with Gasteiger partial charge < -0.3 is 24.8 Å². The van der Waals surface area contributed by atoms with Crippen LogP contribution in [0.3, 0.4) is 0 Å². The summed E-state index contributed by atoms with van der Waals surface area (Å²) in [6, 6.07) is 8.42. The minimum Gasteiger partial charge on any atom is -0.487 e. The van der Waals surface area contributed by atoms with Crippen molar-refractivity contribution in [3.63, 3.8) is 0 Å². The molecule has 1 aromatic rings. The van der Waals surface area contributed by atoms with Crippen molar-refractivity contribution in [3.8, 4) is 5.75 Å². The number of nitrogens with one attached hydrogen (secondary N) is 2. The van der Waals surface area contributed by atoms with E-state index >= 15 is 0 Å². The van der Waals surface area contributed by atoms with E-state index in [2.05, 4.69) is 41.6 Å². The number of hydrogen-bond donors (Lipinski definition) is 2. The van der Waals surface area contributed by atoms with E-state index < -0.39 is 0 Å². The molecule has 2 aliphatic rings. The third kappa shape index (κ3) is 6.11. The van der Waals surface area contributed by atoms with E-state index in [4.69, 9.17) is 14.2 Å². The van der Waals surface area contributed by atoms with Crippen LogP contribution in [0.4, 0.5) is 0 Å². The first-order valence-electron chi connectivity index (χ1n) is 10.5. The molecule has 6 heteroatoms. The minimum absolute atomic E-state index is 0.177. The molecule has 2 aliphatic heterocycles. The summed E-state index contributed by atoms with van der Waals surface area (Å²) in [6.45, 7) is 8.47. The molecule has 0 aliphatic carbocycles. The zero-order valence-electron chi connectivity index (χ0n) is 17.5. The Hall–Kier alpha value is -1.79. The summed E-state index contributed by atoms with van der Waals surface area (Å²) in [6.07, 6.45) is 4.09. The molecule has 2 N–H and O–H groups in total. The zero-order chi connectivity index (χ0) is 19.8. The van der Waals surface area contributed by atoms with Crippen LogP contribution in [0.5, 0.6) is 5.75 Å². The molecule has 0 saturated carbocycles. The lowest BCUT2D eigenvalue weighted by Gasteiger charge is -2.38. The van der Waals surface area contributed by atoms with E-state index in [0.29, 0.717) is 5.92 Å². The van der Waals surface area contributed by atoms with Gasteiger partial charge in [0, 0.05) is 52.0 Å². The quantitative estimate of drug-likeness (QED) is 0.426. The number of benzene rings is 1. The molecule has 1 atom stereocenters. The molecular formula is C22H35N3O3. The first-order valence-corrected chi connectivity index (χ1v) is 10.5. The van der Waals surface area contributed by atoms with Gasteiger partial charge in [-0.15, -0.1) is 0 Å². The molecule has 0 spiro atoms. The van der Waals surface area contributed by atoms with Crippen LogP contribution >= 0.6 is 0 Å². The summed E-state index contributed by atoms with van der Waals surface area (Å²) in [7, 11) is 1.81. The third-order valence-corrected chi connectivity index (χ3v) is 5.36. The standard InChI is InChI=1S/C22H35N3O3/c1-22(2)15-19(18-7-4-5-8-20(18)28-22)25-21(23-3)24-11-6-12-27-16-17-9-13-26-14-10-17/h4-5,7-8,17,19H,6,9-16H2,1-3H3,(H2,23,24,25). The summed E-state index contributed by atoms with van der Waals surface area (Å²) < 4.78 is 17.3. The Kier molecular flexibility index (Phi) is 7.57. The van der Waals surface area contributed by atoms with Crippen LogP contribution in [-0.2, 0) is 9.47 Å². The molecule has 1 saturated heterocycles. The smallest absolute Gasteiger partial charge is 0.191 e. The second-order valence-electron chi connectivity index (χ2n) is 8.28. The van der Waals surface area contributed by atoms with Crippen LogP contribution in [-0.4, -0.2) is 51.6 Å². The van der Waals surface area contributed by atoms with Crippen molar-refractivity contribution >= 4 is 5.96 Å². The number of aliphatic imine (C=N–C) groups is 1. The van der Waals surface area contributed by atoms with Gasteiger partial charge in [0.1, 0.15) is 11.4 Å². The molecule has 28 heavy (non-hydrogen) atoms. The van der Waals surface area contributed by atoms with Gasteiger partial charge >= 0.3 is 0 Å². The largest absolute Gasteiger partial charge is 0.487 e. The maximum Gasteiger partial charge on any atom is 0.191 e. The van der Waals surface area contributed by atoms with Gasteiger partial charge in [0.15, 0.2) is 5.96 Å². The normalized spacial score (nSPS) is 22.2. The predicted molar refractivity (Wildman–Crippen MR) is 112 cm³/mol. The van der Waals surface area contributed by atoms with Gasteiger partial charge in [-0.25, -0.2) is 0 Å². The van der Waals surface area contributed by atoms with E-state index in [1.807, 2.05) is 19.2 Å². The molecule has 1 aromatic carbocycles. The number of nitrogens with zero attached hydrogens (tertiary/aromatic N) is 1. The Labute approximate surface area is 169 Å². The maximum atomic E-state index is 6.12. The lowest BCUT2D eigenvalue weighted by Crippen LogP contribution is -2.45. The van der Waals surface area contributed by atoms with Crippen LogP contribution in [0, 0.1) is 5.92 Å². The lowest BCUT2D eigenvalue weighted by atomic mass is 9.90. The van der Waals surface area contributed by atoms with E-state index in [0.717, 1.165) is 70.4 Å². The van der Waals surface area contributed by atoms with Crippen LogP contribution in [0.1, 0.15) is 51.1 Å². The average Bonchev–Trinajstić information content (AvgIpc) is 2.69. The molecule has 3 rings (SSSR count). The van der Waals surface area contributed by atoms with E-state index in [-0.39, 0.29) is 11.6 Å². The van der Waals surface area contributed by atoms with E-state index in [9.17, 15) is 0 Å². The second kappa shape index (κ2) is 10.1. The highest BCUT2D eigenvalue weighted by molar-refractivity contribution is 5.80. The summed E-state index contributed by atoms with van der Waals surface area (Å²) in [5.74, 6) is 2.43. The summed E-state index contributed by atoms with van der Waals surface area (Å²) in [5.41, 5.74) is 0.979. The molecule has 0 radical (unpaired) electrons. The highest BCUT2D eigenvalue weighted by atomic mass is 16.5. The van der Waals surface area contributed by atoms with E-state index in [1.165, 1.54) is 5.56 Å². The van der Waals surface area contributed by atoms with Gasteiger partial charge in [-0.2, -0.15) is 0 Å². The van der Waals surface area contributed by atoms with Gasteiger partial charge in [-0.05, 0) is 45.1 Å². The lowest BCUT2D eigenvalue weighted by molar-refractivity contribution is 0.0203. The Morgan fingerprint density at radius 1 is 1.25 bits per heavy atom. The topological polar surface area (TPSA) is 64.1 Å². The number of fused-ring (bicyclic) bond motifs is 1. The molecule has 0 amide bonds. The maximum absolute atomic E-state index is 6.12. The van der Waals surface area contributed by atoms with Gasteiger partial charge in [0.2, 0.25) is 0 Å². The highest BCUT2D eigenvalue weighted by Gasteiger charge is 2.33. The molecule has 0 bridgehead atoms. The molecule has 2 heterocycles. The number of guanidine groups is 1. The fourth-order valence-corrected chi connectivity index (χ4v) is 3.83. The highest BCUT2D eigenvalue weighted by Crippen LogP contribution is 2.39. The molecule has 1 unspecified atom stereocenters. The Morgan fingerprint density at radius 2 is 2.04 bits per heavy atom. The number of rotatable bonds is 7. The fraction of sp³-hybridized carbons (Fsp3) is 0.682. The summed E-state index contributed by atoms with van der Waals surface area (Å²) in [4.78, 5) is 4.39. The van der Waals surface area contributed by atoms with Crippen LogP contribution in [0.25, 0.3) is 0 Å². The Bertz CT molecular complexity index is 642. The van der Waals surface area contributed by atoms with Crippen molar-refractivity contribution in [2.75, 3.05) is 40.0 Å². The van der Waals surface area contributed by atoms with Crippen LogP contribution in [0.2, 0.25) is 0 Å². The van der Waals surface area contributed by atoms with Crippen LogP contribution in [0.15, 0.2) is 29.3 Å². The van der Waals surface area contributed by atoms with Crippen molar-refractivity contribution in [2.45, 2.75) is 51.2 Å². The van der Waals surface area contributed by atoms with Crippen molar-refractivity contribution < 1.29 is 14.2 Å². The fourth-order valence-electron chi connectivity index (χ4n) is 3.83. The monoisotopic (exact) mass is 389 g/mol. The molecule has 6 nitrogen and oxygen atoms in total. The second-order valence-corrected chi connectivity index (χ2v) is 8.28. The Balaban J connectivity index is 1.41. The number of para-hydroxylation sites is 1. The van der Waals surface area contributed by atoms with Gasteiger partial charge in [-0.1, -0.05) is 18.2 Å². The van der Waals surface area contributed by atoms with Crippen LogP contribution < -0.4 is 15.4 Å². The predicted octanol–water partition coefficient (Wildman–Crippen LogP) is 3.29. The van der Waals surface area contributed by atoms with Crippen molar-refractivity contribution in [3.05, 3.63) is 29.8 Å².